The van der Waals surface area contributed by atoms with E-state index in [0.717, 1.165) is 19.3 Å². The maximum Gasteiger partial charge on any atom is 0.0355 e. The summed E-state index contributed by atoms with van der Waals surface area (Å²) in [6, 6.07) is 9.01. The van der Waals surface area contributed by atoms with Gasteiger partial charge in [0.2, 0.25) is 0 Å². The number of hydrogen-bond donors (Lipinski definition) is 0. The number of hydrogen-bond acceptors (Lipinski definition) is 0. The summed E-state index contributed by atoms with van der Waals surface area (Å²) in [6.07, 6.45) is 3.22. The summed E-state index contributed by atoms with van der Waals surface area (Å²) >= 11 is 7.42. The van der Waals surface area contributed by atoms with Crippen molar-refractivity contribution in [2.24, 2.45) is 0 Å². The van der Waals surface area contributed by atoms with Gasteiger partial charge in [-0.15, -0.1) is 0 Å². The maximum atomic E-state index is 3.75. The minimum absolute atomic E-state index is 1.06. The van der Waals surface area contributed by atoms with Crippen LogP contribution in [0, 0.1) is 0 Å². The van der Waals surface area contributed by atoms with Crippen LogP contribution in [0.25, 0.3) is 11.1 Å². The standard InChI is InChI=1S/C17H16Br2/c1-3-10-6-5-7-11-8-12-9-14(18)17(19)13(4-2)16(12)15(10)11/h5-7,9H,3-4,8H2,1-2H3. The van der Waals surface area contributed by atoms with Crippen LogP contribution in [0.2, 0.25) is 0 Å². The van der Waals surface area contributed by atoms with Gasteiger partial charge in [0, 0.05) is 8.95 Å². The van der Waals surface area contributed by atoms with Crippen LogP contribution in [0.3, 0.4) is 0 Å². The third kappa shape index (κ3) is 2.00. The molecule has 0 radical (unpaired) electrons. The fraction of sp³-hybridized carbons (Fsp3) is 0.294. The van der Waals surface area contributed by atoms with Crippen LogP contribution in [0.5, 0.6) is 0 Å². The molecular weight excluding hydrogens is 364 g/mol. The van der Waals surface area contributed by atoms with Crippen molar-refractivity contribution in [2.75, 3.05) is 0 Å². The van der Waals surface area contributed by atoms with Gasteiger partial charge in [-0.2, -0.15) is 0 Å². The van der Waals surface area contributed by atoms with E-state index in [4.69, 9.17) is 0 Å². The van der Waals surface area contributed by atoms with Crippen LogP contribution in [0.4, 0.5) is 0 Å². The van der Waals surface area contributed by atoms with Crippen LogP contribution in [0.1, 0.15) is 36.1 Å². The molecule has 0 saturated carbocycles. The maximum absolute atomic E-state index is 3.75. The lowest BCUT2D eigenvalue weighted by atomic mass is 9.93. The van der Waals surface area contributed by atoms with Gasteiger partial charge < -0.3 is 0 Å². The molecule has 1 aliphatic carbocycles. The first-order valence-corrected chi connectivity index (χ1v) is 8.36. The summed E-state index contributed by atoms with van der Waals surface area (Å²) in [5, 5.41) is 0. The Morgan fingerprint density at radius 2 is 1.79 bits per heavy atom. The van der Waals surface area contributed by atoms with E-state index in [1.54, 1.807) is 0 Å². The van der Waals surface area contributed by atoms with Crippen LogP contribution >= 0.6 is 31.9 Å². The minimum atomic E-state index is 1.06. The molecule has 0 aromatic heterocycles. The average molecular weight is 380 g/mol. The van der Waals surface area contributed by atoms with E-state index in [-0.39, 0.29) is 0 Å². The second-order valence-electron chi connectivity index (χ2n) is 5.02. The zero-order chi connectivity index (χ0) is 13.6. The highest BCUT2D eigenvalue weighted by molar-refractivity contribution is 9.13. The van der Waals surface area contributed by atoms with Gasteiger partial charge in [0.15, 0.2) is 0 Å². The SMILES string of the molecule is CCc1cccc2c1-c1c(cc(Br)c(Br)c1CC)C2. The highest BCUT2D eigenvalue weighted by Gasteiger charge is 2.25. The lowest BCUT2D eigenvalue weighted by Gasteiger charge is -2.14. The highest BCUT2D eigenvalue weighted by atomic mass is 79.9. The molecule has 0 atom stereocenters. The van der Waals surface area contributed by atoms with Gasteiger partial charge in [-0.25, -0.2) is 0 Å². The zero-order valence-electron chi connectivity index (χ0n) is 11.2. The Bertz CT molecular complexity index is 657. The largest absolute Gasteiger partial charge is 0.0617 e. The third-order valence-electron chi connectivity index (χ3n) is 4.00. The summed E-state index contributed by atoms with van der Waals surface area (Å²) in [6.45, 7) is 4.48. The fourth-order valence-corrected chi connectivity index (χ4v) is 4.25. The Kier molecular flexibility index (Phi) is 3.57. The Balaban J connectivity index is 2.36. The molecule has 0 amide bonds. The van der Waals surface area contributed by atoms with E-state index in [9.17, 15) is 0 Å². The van der Waals surface area contributed by atoms with E-state index in [1.165, 1.54) is 42.3 Å². The minimum Gasteiger partial charge on any atom is -0.0617 e. The Morgan fingerprint density at radius 1 is 1.00 bits per heavy atom. The van der Waals surface area contributed by atoms with Crippen molar-refractivity contribution in [3.8, 4) is 11.1 Å². The van der Waals surface area contributed by atoms with Gasteiger partial charge >= 0.3 is 0 Å². The van der Waals surface area contributed by atoms with Crippen molar-refractivity contribution in [1.82, 2.24) is 0 Å². The van der Waals surface area contributed by atoms with Crippen LogP contribution in [-0.2, 0) is 19.3 Å². The molecule has 2 aromatic rings. The normalized spacial score (nSPS) is 12.4. The van der Waals surface area contributed by atoms with Crippen molar-refractivity contribution in [2.45, 2.75) is 33.1 Å². The van der Waals surface area contributed by atoms with Gasteiger partial charge in [0.1, 0.15) is 0 Å². The van der Waals surface area contributed by atoms with E-state index in [2.05, 4.69) is 70.0 Å². The Hall–Kier alpha value is -0.600. The molecule has 0 bridgehead atoms. The smallest absolute Gasteiger partial charge is 0.0355 e. The van der Waals surface area contributed by atoms with E-state index in [0.29, 0.717) is 0 Å². The molecule has 3 rings (SSSR count). The molecule has 2 aromatic carbocycles. The molecule has 98 valence electrons. The molecule has 0 fully saturated rings. The fourth-order valence-electron chi connectivity index (χ4n) is 3.14. The van der Waals surface area contributed by atoms with Crippen molar-refractivity contribution >= 4 is 31.9 Å². The van der Waals surface area contributed by atoms with Crippen LogP contribution in [0.15, 0.2) is 33.2 Å². The number of halogens is 2. The molecule has 0 heterocycles. The van der Waals surface area contributed by atoms with E-state index < -0.39 is 0 Å². The zero-order valence-corrected chi connectivity index (χ0v) is 14.4. The average Bonchev–Trinajstić information content (AvgIpc) is 2.78. The molecule has 0 N–H and O–H groups in total. The predicted octanol–water partition coefficient (Wildman–Crippen LogP) is 5.91. The topological polar surface area (TPSA) is 0 Å². The van der Waals surface area contributed by atoms with Gasteiger partial charge in [-0.05, 0) is 90.6 Å². The molecule has 19 heavy (non-hydrogen) atoms. The van der Waals surface area contributed by atoms with Crippen molar-refractivity contribution < 1.29 is 0 Å². The highest BCUT2D eigenvalue weighted by Crippen LogP contribution is 2.46. The lowest BCUT2D eigenvalue weighted by Crippen LogP contribution is -1.94. The second-order valence-corrected chi connectivity index (χ2v) is 6.67. The molecule has 2 heteroatoms. The predicted molar refractivity (Wildman–Crippen MR) is 88.8 cm³/mol. The second kappa shape index (κ2) is 5.06. The van der Waals surface area contributed by atoms with Crippen molar-refractivity contribution in [3.63, 3.8) is 0 Å². The van der Waals surface area contributed by atoms with Gasteiger partial charge in [0.25, 0.3) is 0 Å². The monoisotopic (exact) mass is 378 g/mol. The molecular formula is C17H16Br2. The summed E-state index contributed by atoms with van der Waals surface area (Å²) < 4.78 is 2.39. The Labute approximate surface area is 131 Å². The van der Waals surface area contributed by atoms with Gasteiger partial charge in [-0.1, -0.05) is 32.0 Å². The molecule has 0 nitrogen and oxygen atoms in total. The first kappa shape index (κ1) is 13.4. The lowest BCUT2D eigenvalue weighted by molar-refractivity contribution is 1.11. The number of aryl methyl sites for hydroxylation is 1. The van der Waals surface area contributed by atoms with Gasteiger partial charge in [0.05, 0.1) is 0 Å². The molecule has 1 aliphatic rings. The first-order valence-electron chi connectivity index (χ1n) is 6.78. The van der Waals surface area contributed by atoms with Gasteiger partial charge in [-0.3, -0.25) is 0 Å². The molecule has 0 spiro atoms. The summed E-state index contributed by atoms with van der Waals surface area (Å²) in [5.74, 6) is 0. The first-order chi connectivity index (χ1) is 9.17. The van der Waals surface area contributed by atoms with Crippen molar-refractivity contribution in [3.05, 3.63) is 55.5 Å². The Morgan fingerprint density at radius 3 is 2.47 bits per heavy atom. The molecule has 0 saturated heterocycles. The summed E-state index contributed by atoms with van der Waals surface area (Å²) in [5.41, 5.74) is 8.82. The van der Waals surface area contributed by atoms with Crippen molar-refractivity contribution in [1.29, 1.82) is 0 Å². The van der Waals surface area contributed by atoms with E-state index in [1.807, 2.05) is 0 Å². The van der Waals surface area contributed by atoms with Crippen LogP contribution < -0.4 is 0 Å². The quantitative estimate of drug-likeness (QED) is 0.519. The summed E-state index contributed by atoms with van der Waals surface area (Å²) in [4.78, 5) is 0. The summed E-state index contributed by atoms with van der Waals surface area (Å²) in [7, 11) is 0. The number of benzene rings is 2. The van der Waals surface area contributed by atoms with E-state index >= 15 is 0 Å². The number of rotatable bonds is 2. The molecule has 0 unspecified atom stereocenters. The number of fused-ring (bicyclic) bond motifs is 3. The third-order valence-corrected chi connectivity index (χ3v) is 6.06. The molecule has 0 aliphatic heterocycles. The van der Waals surface area contributed by atoms with Crippen LogP contribution in [-0.4, -0.2) is 0 Å².